The number of pyridine rings is 1. The minimum absolute atomic E-state index is 0.0110. The molecule has 0 aromatic carbocycles. The van der Waals surface area contributed by atoms with Gasteiger partial charge in [-0.3, -0.25) is 9.29 Å². The molecule has 14 heteroatoms. The van der Waals surface area contributed by atoms with Gasteiger partial charge in [0.1, 0.15) is 17.8 Å². The molecule has 4 rings (SSSR count). The van der Waals surface area contributed by atoms with Crippen molar-refractivity contribution < 1.29 is 17.7 Å². The zero-order chi connectivity index (χ0) is 24.3. The van der Waals surface area contributed by atoms with Crippen molar-refractivity contribution in [3.8, 4) is 17.4 Å². The van der Waals surface area contributed by atoms with Crippen LogP contribution in [0.1, 0.15) is 31.2 Å². The molecule has 178 valence electrons. The Morgan fingerprint density at radius 3 is 2.62 bits per heavy atom. The molecule has 2 atom stereocenters. The molecule has 0 amide bonds. The monoisotopic (exact) mass is 504 g/mol. The van der Waals surface area contributed by atoms with Crippen LogP contribution in [0.5, 0.6) is 5.88 Å². The number of nitrogens with one attached hydrogen (secondary N) is 1. The van der Waals surface area contributed by atoms with E-state index in [1.54, 1.807) is 36.6 Å². The summed E-state index contributed by atoms with van der Waals surface area (Å²) in [5.74, 6) is 0.555. The van der Waals surface area contributed by atoms with Crippen molar-refractivity contribution in [2.24, 2.45) is 0 Å². The van der Waals surface area contributed by atoms with Gasteiger partial charge in [-0.25, -0.2) is 23.4 Å². The summed E-state index contributed by atoms with van der Waals surface area (Å²) in [6, 6.07) is 5.16. The minimum Gasteiger partial charge on any atom is -0.481 e. The molecule has 1 N–H and O–H groups in total. The summed E-state index contributed by atoms with van der Waals surface area (Å²) in [7, 11) is -2.42. The van der Waals surface area contributed by atoms with E-state index < -0.39 is 21.2 Å². The fourth-order valence-corrected chi connectivity index (χ4v) is 4.46. The molecule has 4 heterocycles. The second kappa shape index (κ2) is 9.73. The highest BCUT2D eigenvalue weighted by molar-refractivity contribution is 7.93. The Morgan fingerprint density at radius 1 is 1.18 bits per heavy atom. The van der Waals surface area contributed by atoms with Gasteiger partial charge in [0.2, 0.25) is 21.9 Å². The summed E-state index contributed by atoms with van der Waals surface area (Å²) in [6.45, 7) is 3.48. The number of ether oxygens (including phenoxy) is 1. The van der Waals surface area contributed by atoms with Crippen molar-refractivity contribution in [2.75, 3.05) is 11.8 Å². The van der Waals surface area contributed by atoms with Crippen molar-refractivity contribution in [1.82, 2.24) is 34.9 Å². The highest BCUT2D eigenvalue weighted by Gasteiger charge is 2.31. The quantitative estimate of drug-likeness (QED) is 0.360. The molecule has 0 bridgehead atoms. The third kappa shape index (κ3) is 4.99. The van der Waals surface area contributed by atoms with Crippen LogP contribution in [0.2, 0.25) is 5.02 Å². The number of halogens is 1. The second-order valence-corrected chi connectivity index (χ2v) is 9.91. The van der Waals surface area contributed by atoms with Crippen LogP contribution >= 0.6 is 11.6 Å². The van der Waals surface area contributed by atoms with E-state index in [0.29, 0.717) is 33.8 Å². The molecule has 34 heavy (non-hydrogen) atoms. The topological polar surface area (TPSA) is 151 Å². The van der Waals surface area contributed by atoms with E-state index in [1.807, 2.05) is 0 Å². The average molecular weight is 505 g/mol. The van der Waals surface area contributed by atoms with Crippen LogP contribution in [-0.4, -0.2) is 55.7 Å². The molecule has 0 saturated heterocycles. The van der Waals surface area contributed by atoms with Gasteiger partial charge >= 0.3 is 0 Å². The van der Waals surface area contributed by atoms with E-state index in [-0.39, 0.29) is 12.5 Å². The normalized spacial score (nSPS) is 13.4. The van der Waals surface area contributed by atoms with Crippen LogP contribution < -0.4 is 9.46 Å². The Bertz CT molecular complexity index is 1360. The first-order chi connectivity index (χ1) is 16.3. The van der Waals surface area contributed by atoms with Crippen LogP contribution in [0.3, 0.4) is 0 Å². The summed E-state index contributed by atoms with van der Waals surface area (Å²) in [6.07, 6.45) is 5.82. The molecule has 12 nitrogen and oxygen atoms in total. The summed E-state index contributed by atoms with van der Waals surface area (Å²) in [5.41, 5.74) is 1.13. The fourth-order valence-electron chi connectivity index (χ4n) is 3.11. The van der Waals surface area contributed by atoms with Crippen LogP contribution in [0.15, 0.2) is 47.6 Å². The zero-order valence-corrected chi connectivity index (χ0v) is 20.0. The molecule has 0 aliphatic rings. The molecular weight excluding hydrogens is 484 g/mol. The zero-order valence-electron chi connectivity index (χ0n) is 18.5. The van der Waals surface area contributed by atoms with E-state index in [1.165, 1.54) is 32.0 Å². The number of rotatable bonds is 9. The maximum atomic E-state index is 13.2. The smallest absolute Gasteiger partial charge is 0.238 e. The van der Waals surface area contributed by atoms with Crippen LogP contribution in [0.4, 0.5) is 5.95 Å². The fraction of sp³-hybridized carbons (Fsp3) is 0.300. The molecule has 4 aromatic rings. The number of aromatic nitrogens is 7. The Hall–Kier alpha value is -3.58. The van der Waals surface area contributed by atoms with Gasteiger partial charge in [-0.05, 0) is 13.0 Å². The minimum atomic E-state index is -3.92. The largest absolute Gasteiger partial charge is 0.481 e. The second-order valence-electron chi connectivity index (χ2n) is 7.43. The third-order valence-corrected chi connectivity index (χ3v) is 7.26. The maximum Gasteiger partial charge on any atom is 0.238 e. The predicted molar refractivity (Wildman–Crippen MR) is 123 cm³/mol. The first-order valence-corrected chi connectivity index (χ1v) is 12.0. The Labute approximate surface area is 200 Å². The van der Waals surface area contributed by atoms with Crippen LogP contribution in [0, 0.1) is 0 Å². The summed E-state index contributed by atoms with van der Waals surface area (Å²) < 4.78 is 40.7. The first kappa shape index (κ1) is 23.6. The van der Waals surface area contributed by atoms with Gasteiger partial charge in [0.25, 0.3) is 0 Å². The number of anilines is 1. The van der Waals surface area contributed by atoms with Crippen molar-refractivity contribution in [3.63, 3.8) is 0 Å². The van der Waals surface area contributed by atoms with Gasteiger partial charge in [-0.15, -0.1) is 10.2 Å². The van der Waals surface area contributed by atoms with Gasteiger partial charge in [-0.1, -0.05) is 29.7 Å². The van der Waals surface area contributed by atoms with Gasteiger partial charge in [-0.2, -0.15) is 0 Å². The van der Waals surface area contributed by atoms with Crippen LogP contribution in [0.25, 0.3) is 11.5 Å². The molecule has 0 saturated carbocycles. The molecule has 0 spiro atoms. The third-order valence-electron chi connectivity index (χ3n) is 5.21. The molecule has 0 aliphatic carbocycles. The lowest BCUT2D eigenvalue weighted by Gasteiger charge is -2.20. The standard InChI is InChI=1S/C20H21ClN8O4S/c1-12(18-22-8-15(21)9-23-18)13(2)34(30,31)28-20-27-26-19(16-5-4-6-17(25-16)32-3)29(20)10-14-7-24-33-11-14/h4-9,11-13H,10H2,1-3H3,(H,27,28)/t12-,13-/m0/s1. The van der Waals surface area contributed by atoms with Gasteiger partial charge in [0, 0.05) is 29.9 Å². The van der Waals surface area contributed by atoms with Crippen molar-refractivity contribution >= 4 is 27.6 Å². The molecule has 0 aliphatic heterocycles. The summed E-state index contributed by atoms with van der Waals surface area (Å²) in [4.78, 5) is 12.7. The van der Waals surface area contributed by atoms with E-state index in [9.17, 15) is 8.42 Å². The summed E-state index contributed by atoms with van der Waals surface area (Å²) in [5, 5.41) is 11.4. The van der Waals surface area contributed by atoms with E-state index in [2.05, 4.69) is 35.0 Å². The van der Waals surface area contributed by atoms with E-state index in [4.69, 9.17) is 20.9 Å². The molecular formula is C20H21ClN8O4S. The number of nitrogens with zero attached hydrogens (tertiary/aromatic N) is 7. The maximum absolute atomic E-state index is 13.2. The lowest BCUT2D eigenvalue weighted by molar-refractivity contribution is 0.398. The highest BCUT2D eigenvalue weighted by atomic mass is 35.5. The average Bonchev–Trinajstić information content (AvgIpc) is 3.49. The van der Waals surface area contributed by atoms with Gasteiger partial charge in [0.05, 0.1) is 30.1 Å². The number of hydrogen-bond acceptors (Lipinski definition) is 10. The lowest BCUT2D eigenvalue weighted by Crippen LogP contribution is -2.31. The summed E-state index contributed by atoms with van der Waals surface area (Å²) >= 11 is 5.84. The Morgan fingerprint density at radius 2 is 1.94 bits per heavy atom. The van der Waals surface area contributed by atoms with E-state index >= 15 is 0 Å². The number of sulfonamides is 1. The molecule has 0 fully saturated rings. The highest BCUT2D eigenvalue weighted by Crippen LogP contribution is 2.26. The van der Waals surface area contributed by atoms with Crippen molar-refractivity contribution in [2.45, 2.75) is 31.6 Å². The lowest BCUT2D eigenvalue weighted by atomic mass is 10.1. The molecule has 0 radical (unpaired) electrons. The van der Waals surface area contributed by atoms with E-state index in [0.717, 1.165) is 0 Å². The van der Waals surface area contributed by atoms with Crippen molar-refractivity contribution in [1.29, 1.82) is 0 Å². The van der Waals surface area contributed by atoms with Gasteiger partial charge in [0.15, 0.2) is 5.82 Å². The predicted octanol–water partition coefficient (Wildman–Crippen LogP) is 2.76. The SMILES string of the molecule is COc1cccc(-c2nnc(NS(=O)(=O)[C@@H](C)[C@H](C)c3ncc(Cl)cn3)n2Cc2cnoc2)n1. The van der Waals surface area contributed by atoms with Crippen molar-refractivity contribution in [3.05, 3.63) is 59.5 Å². The molecule has 0 unspecified atom stereocenters. The molecule has 4 aromatic heterocycles. The van der Waals surface area contributed by atoms with Crippen LogP contribution in [-0.2, 0) is 16.6 Å². The number of methoxy groups -OCH3 is 1. The van der Waals surface area contributed by atoms with Gasteiger partial charge < -0.3 is 9.26 Å². The first-order valence-electron chi connectivity index (χ1n) is 10.1. The Kier molecular flexibility index (Phi) is 6.75. The Balaban J connectivity index is 1.67. The number of hydrogen-bond donors (Lipinski definition) is 1.